The van der Waals surface area contributed by atoms with Gasteiger partial charge in [0.25, 0.3) is 0 Å². The van der Waals surface area contributed by atoms with Gasteiger partial charge >= 0.3 is 7.60 Å². The zero-order valence-corrected chi connectivity index (χ0v) is 9.82. The number of aliphatic hydroxyl groups is 1. The zero-order valence-electron chi connectivity index (χ0n) is 8.93. The van der Waals surface area contributed by atoms with Crippen molar-refractivity contribution in [1.29, 1.82) is 0 Å². The van der Waals surface area contributed by atoms with E-state index in [4.69, 9.17) is 14.5 Å². The summed E-state index contributed by atoms with van der Waals surface area (Å²) >= 11 is 0. The van der Waals surface area contributed by atoms with Gasteiger partial charge in [0, 0.05) is 13.2 Å². The predicted octanol–water partition coefficient (Wildman–Crippen LogP) is -0.111. The highest BCUT2D eigenvalue weighted by Crippen LogP contribution is 2.31. The first-order valence-corrected chi connectivity index (χ1v) is 6.76. The highest BCUT2D eigenvalue weighted by Gasteiger charge is 2.12. The van der Waals surface area contributed by atoms with E-state index in [1.165, 1.54) is 0 Å². The fourth-order valence-electron chi connectivity index (χ4n) is 0.902. The van der Waals surface area contributed by atoms with Gasteiger partial charge in [-0.2, -0.15) is 0 Å². The van der Waals surface area contributed by atoms with E-state index in [0.29, 0.717) is 6.61 Å². The lowest BCUT2D eigenvalue weighted by molar-refractivity contribution is 0.0364. The second kappa shape index (κ2) is 8.21. The van der Waals surface area contributed by atoms with E-state index >= 15 is 0 Å². The summed E-state index contributed by atoms with van der Waals surface area (Å²) in [6.07, 6.45) is 0.835. The van der Waals surface area contributed by atoms with Crippen molar-refractivity contribution in [3.8, 4) is 0 Å². The lowest BCUT2D eigenvalue weighted by Gasteiger charge is -2.12. The number of ether oxygens (including phenoxy) is 1. The van der Waals surface area contributed by atoms with Gasteiger partial charge in [-0.25, -0.2) is 0 Å². The van der Waals surface area contributed by atoms with Crippen LogP contribution in [0.2, 0.25) is 0 Å². The standard InChI is InChI=1S/C8H20NO5P/c1-2-3-4-14-6-8(10)5-9-7-15(11,12)13/h8-10H,2-7H2,1H3,(H2,11,12,13). The van der Waals surface area contributed by atoms with Crippen LogP contribution < -0.4 is 5.32 Å². The smallest absolute Gasteiger partial charge is 0.339 e. The number of unbranched alkanes of at least 4 members (excludes halogenated alkanes) is 1. The Morgan fingerprint density at radius 2 is 2.13 bits per heavy atom. The van der Waals surface area contributed by atoms with Gasteiger partial charge in [-0.05, 0) is 6.42 Å². The molecule has 0 amide bonds. The van der Waals surface area contributed by atoms with E-state index in [2.05, 4.69) is 5.32 Å². The molecule has 0 aromatic carbocycles. The SMILES string of the molecule is CCCCOCC(O)CNCP(=O)(O)O. The Balaban J connectivity index is 3.33. The highest BCUT2D eigenvalue weighted by molar-refractivity contribution is 7.51. The maximum Gasteiger partial charge on any atom is 0.339 e. The molecule has 7 heteroatoms. The topological polar surface area (TPSA) is 99.0 Å². The molecule has 0 aliphatic heterocycles. The molecule has 0 spiro atoms. The van der Waals surface area contributed by atoms with Gasteiger partial charge < -0.3 is 24.9 Å². The number of hydrogen-bond donors (Lipinski definition) is 4. The molecule has 0 saturated carbocycles. The molecule has 0 fully saturated rings. The van der Waals surface area contributed by atoms with Crippen molar-refractivity contribution in [3.63, 3.8) is 0 Å². The Kier molecular flexibility index (Phi) is 8.23. The minimum absolute atomic E-state index is 0.122. The molecule has 4 N–H and O–H groups in total. The van der Waals surface area contributed by atoms with Crippen LogP contribution >= 0.6 is 7.60 Å². The van der Waals surface area contributed by atoms with Crippen molar-refractivity contribution in [2.24, 2.45) is 0 Å². The van der Waals surface area contributed by atoms with Crippen LogP contribution in [0.1, 0.15) is 19.8 Å². The third kappa shape index (κ3) is 12.0. The Bertz CT molecular complexity index is 195. The molecule has 6 nitrogen and oxygen atoms in total. The number of rotatable bonds is 9. The largest absolute Gasteiger partial charge is 0.389 e. The lowest BCUT2D eigenvalue weighted by Crippen LogP contribution is -2.31. The van der Waals surface area contributed by atoms with E-state index in [-0.39, 0.29) is 13.2 Å². The van der Waals surface area contributed by atoms with Gasteiger partial charge in [-0.15, -0.1) is 0 Å². The van der Waals surface area contributed by atoms with Crippen LogP contribution in [0.25, 0.3) is 0 Å². The molecule has 0 aliphatic carbocycles. The molecule has 92 valence electrons. The van der Waals surface area contributed by atoms with Crippen LogP contribution in [0.4, 0.5) is 0 Å². The van der Waals surface area contributed by atoms with E-state index in [1.54, 1.807) is 0 Å². The lowest BCUT2D eigenvalue weighted by atomic mass is 10.3. The molecule has 0 rings (SSSR count). The van der Waals surface area contributed by atoms with Crippen LogP contribution in [-0.4, -0.2) is 47.0 Å². The summed E-state index contributed by atoms with van der Waals surface area (Å²) in [6.45, 7) is 2.96. The van der Waals surface area contributed by atoms with Crippen LogP contribution in [0, 0.1) is 0 Å². The van der Waals surface area contributed by atoms with Crippen LogP contribution in [-0.2, 0) is 9.30 Å². The quantitative estimate of drug-likeness (QED) is 0.332. The normalized spacial score (nSPS) is 14.1. The Morgan fingerprint density at radius 1 is 1.47 bits per heavy atom. The Labute approximate surface area is 89.8 Å². The monoisotopic (exact) mass is 241 g/mol. The van der Waals surface area contributed by atoms with E-state index in [0.717, 1.165) is 12.8 Å². The summed E-state index contributed by atoms with van der Waals surface area (Å²) in [5.74, 6) is 0. The number of aliphatic hydroxyl groups excluding tert-OH is 1. The molecule has 15 heavy (non-hydrogen) atoms. The van der Waals surface area contributed by atoms with Gasteiger partial charge in [-0.1, -0.05) is 13.3 Å². The maximum atomic E-state index is 10.4. The summed E-state index contributed by atoms with van der Waals surface area (Å²) in [7, 11) is -4.02. The first-order valence-electron chi connectivity index (χ1n) is 4.97. The minimum Gasteiger partial charge on any atom is -0.389 e. The summed E-state index contributed by atoms with van der Waals surface area (Å²) < 4.78 is 15.6. The molecular formula is C8H20NO5P. The maximum absolute atomic E-state index is 10.4. The molecule has 1 atom stereocenters. The molecule has 0 saturated heterocycles. The van der Waals surface area contributed by atoms with Crippen LogP contribution in [0.15, 0.2) is 0 Å². The number of nitrogens with one attached hydrogen (secondary N) is 1. The molecule has 1 unspecified atom stereocenters. The summed E-state index contributed by atoms with van der Waals surface area (Å²) in [4.78, 5) is 17.0. The summed E-state index contributed by atoms with van der Waals surface area (Å²) in [5, 5.41) is 11.8. The summed E-state index contributed by atoms with van der Waals surface area (Å²) in [6, 6.07) is 0. The highest BCUT2D eigenvalue weighted by atomic mass is 31.2. The summed E-state index contributed by atoms with van der Waals surface area (Å²) in [5.41, 5.74) is 0. The fraction of sp³-hybridized carbons (Fsp3) is 1.00. The molecule has 0 radical (unpaired) electrons. The third-order valence-electron chi connectivity index (χ3n) is 1.65. The van der Waals surface area contributed by atoms with Crippen molar-refractivity contribution in [2.45, 2.75) is 25.9 Å². The molecular weight excluding hydrogens is 221 g/mol. The van der Waals surface area contributed by atoms with Gasteiger partial charge in [0.15, 0.2) is 0 Å². The van der Waals surface area contributed by atoms with Crippen molar-refractivity contribution in [1.82, 2.24) is 5.32 Å². The van der Waals surface area contributed by atoms with Gasteiger partial charge in [0.2, 0.25) is 0 Å². The fourth-order valence-corrected chi connectivity index (χ4v) is 1.32. The van der Waals surface area contributed by atoms with Gasteiger partial charge in [0.1, 0.15) is 0 Å². The van der Waals surface area contributed by atoms with E-state index in [1.807, 2.05) is 6.92 Å². The van der Waals surface area contributed by atoms with Crippen molar-refractivity contribution >= 4 is 7.60 Å². The van der Waals surface area contributed by atoms with E-state index < -0.39 is 20.0 Å². The number of hydrogen-bond acceptors (Lipinski definition) is 4. The molecule has 0 bridgehead atoms. The van der Waals surface area contributed by atoms with Crippen LogP contribution in [0.5, 0.6) is 0 Å². The Morgan fingerprint density at radius 3 is 2.67 bits per heavy atom. The van der Waals surface area contributed by atoms with Crippen LogP contribution in [0.3, 0.4) is 0 Å². The molecule has 0 aliphatic rings. The molecule has 0 aromatic rings. The van der Waals surface area contributed by atoms with Crippen molar-refractivity contribution < 1.29 is 24.2 Å². The van der Waals surface area contributed by atoms with Crippen molar-refractivity contribution in [2.75, 3.05) is 26.0 Å². The second-order valence-corrected chi connectivity index (χ2v) is 5.00. The molecule has 0 aromatic heterocycles. The zero-order chi connectivity index (χ0) is 11.7. The first-order chi connectivity index (χ1) is 6.95. The second-order valence-electron chi connectivity index (χ2n) is 3.36. The average molecular weight is 241 g/mol. The third-order valence-corrected chi connectivity index (χ3v) is 2.29. The minimum atomic E-state index is -4.02. The van der Waals surface area contributed by atoms with Gasteiger partial charge in [-0.3, -0.25) is 4.57 Å². The Hall–Kier alpha value is 0.0300. The predicted molar refractivity (Wildman–Crippen MR) is 56.6 cm³/mol. The molecule has 0 heterocycles. The van der Waals surface area contributed by atoms with E-state index in [9.17, 15) is 9.67 Å². The van der Waals surface area contributed by atoms with Gasteiger partial charge in [0.05, 0.1) is 19.0 Å². The first kappa shape index (κ1) is 15.0. The van der Waals surface area contributed by atoms with Crippen molar-refractivity contribution in [3.05, 3.63) is 0 Å². The average Bonchev–Trinajstić information content (AvgIpc) is 2.10.